The van der Waals surface area contributed by atoms with Gasteiger partial charge >= 0.3 is 6.09 Å². The standard InChI is InChI=1S/C9H16N2O4/c10-8(13)7-3-1-2-4-11(7)9(14)15-6-5-12/h7,12H,1-6H2,(H2,10,13). The van der Waals surface area contributed by atoms with Crippen LogP contribution in [-0.2, 0) is 9.53 Å². The maximum Gasteiger partial charge on any atom is 0.410 e. The van der Waals surface area contributed by atoms with Crippen LogP contribution in [0.25, 0.3) is 0 Å². The molecule has 1 aliphatic rings. The number of piperidine rings is 1. The molecule has 1 saturated heterocycles. The number of hydrogen-bond acceptors (Lipinski definition) is 4. The Morgan fingerprint density at radius 1 is 1.47 bits per heavy atom. The van der Waals surface area contributed by atoms with Crippen LogP contribution in [0.1, 0.15) is 19.3 Å². The number of hydrogen-bond donors (Lipinski definition) is 2. The number of ether oxygens (including phenoxy) is 1. The average molecular weight is 216 g/mol. The van der Waals surface area contributed by atoms with E-state index in [9.17, 15) is 9.59 Å². The maximum atomic E-state index is 11.5. The minimum Gasteiger partial charge on any atom is -0.447 e. The molecule has 0 aromatic carbocycles. The molecule has 2 amide bonds. The Morgan fingerprint density at radius 3 is 2.80 bits per heavy atom. The molecule has 0 radical (unpaired) electrons. The number of aliphatic hydroxyl groups is 1. The summed E-state index contributed by atoms with van der Waals surface area (Å²) < 4.78 is 4.74. The highest BCUT2D eigenvalue weighted by Crippen LogP contribution is 2.17. The summed E-state index contributed by atoms with van der Waals surface area (Å²) in [5, 5.41) is 8.50. The lowest BCUT2D eigenvalue weighted by Crippen LogP contribution is -2.50. The van der Waals surface area contributed by atoms with Crippen molar-refractivity contribution in [3.63, 3.8) is 0 Å². The molecule has 1 rings (SSSR count). The molecule has 1 fully saturated rings. The molecule has 6 nitrogen and oxygen atoms in total. The highest BCUT2D eigenvalue weighted by atomic mass is 16.6. The zero-order chi connectivity index (χ0) is 11.3. The topological polar surface area (TPSA) is 92.9 Å². The highest BCUT2D eigenvalue weighted by molar-refractivity contribution is 5.84. The first-order chi connectivity index (χ1) is 7.16. The number of carbonyl (C=O) groups excluding carboxylic acids is 2. The predicted molar refractivity (Wildman–Crippen MR) is 52.0 cm³/mol. The van der Waals surface area contributed by atoms with Crippen LogP contribution in [0.4, 0.5) is 4.79 Å². The molecule has 6 heteroatoms. The second-order valence-corrected chi connectivity index (χ2v) is 3.45. The molecule has 86 valence electrons. The molecular weight excluding hydrogens is 200 g/mol. The van der Waals surface area contributed by atoms with Gasteiger partial charge < -0.3 is 15.6 Å². The van der Waals surface area contributed by atoms with Gasteiger partial charge in [-0.25, -0.2) is 4.79 Å². The fourth-order valence-corrected chi connectivity index (χ4v) is 1.66. The van der Waals surface area contributed by atoms with Gasteiger partial charge in [-0.15, -0.1) is 0 Å². The van der Waals surface area contributed by atoms with Gasteiger partial charge in [0.15, 0.2) is 0 Å². The van der Waals surface area contributed by atoms with Gasteiger partial charge in [0, 0.05) is 6.54 Å². The van der Waals surface area contributed by atoms with Crippen LogP contribution in [0.5, 0.6) is 0 Å². The predicted octanol–water partition coefficient (Wildman–Crippen LogP) is -0.545. The fraction of sp³-hybridized carbons (Fsp3) is 0.778. The molecule has 0 aliphatic carbocycles. The first-order valence-corrected chi connectivity index (χ1v) is 5.00. The van der Waals surface area contributed by atoms with E-state index in [4.69, 9.17) is 15.6 Å². The first-order valence-electron chi connectivity index (χ1n) is 5.00. The molecule has 0 bridgehead atoms. The third kappa shape index (κ3) is 3.09. The smallest absolute Gasteiger partial charge is 0.410 e. The molecule has 0 aromatic rings. The van der Waals surface area contributed by atoms with E-state index in [1.54, 1.807) is 0 Å². The number of amides is 2. The summed E-state index contributed by atoms with van der Waals surface area (Å²) in [7, 11) is 0. The lowest BCUT2D eigenvalue weighted by atomic mass is 10.0. The van der Waals surface area contributed by atoms with E-state index in [1.165, 1.54) is 4.90 Å². The summed E-state index contributed by atoms with van der Waals surface area (Å²) in [6, 6.07) is -0.565. The highest BCUT2D eigenvalue weighted by Gasteiger charge is 2.31. The van der Waals surface area contributed by atoms with Crippen LogP contribution in [0.2, 0.25) is 0 Å². The number of likely N-dealkylation sites (tertiary alicyclic amines) is 1. The summed E-state index contributed by atoms with van der Waals surface area (Å²) in [6.07, 6.45) is 1.74. The van der Waals surface area contributed by atoms with E-state index in [1.807, 2.05) is 0 Å². The number of nitrogens with zero attached hydrogens (tertiary/aromatic N) is 1. The Balaban J connectivity index is 2.55. The molecule has 1 unspecified atom stereocenters. The van der Waals surface area contributed by atoms with Gasteiger partial charge in [-0.2, -0.15) is 0 Å². The lowest BCUT2D eigenvalue weighted by molar-refractivity contribution is -0.123. The molecule has 1 aliphatic heterocycles. The summed E-state index contributed by atoms with van der Waals surface area (Å²) >= 11 is 0. The first kappa shape index (κ1) is 11.8. The van der Waals surface area contributed by atoms with Crippen molar-refractivity contribution in [2.45, 2.75) is 25.3 Å². The van der Waals surface area contributed by atoms with Crippen LogP contribution in [0.15, 0.2) is 0 Å². The molecule has 0 saturated carbocycles. The number of rotatable bonds is 3. The largest absolute Gasteiger partial charge is 0.447 e. The van der Waals surface area contributed by atoms with Crippen molar-refractivity contribution in [2.75, 3.05) is 19.8 Å². The monoisotopic (exact) mass is 216 g/mol. The van der Waals surface area contributed by atoms with E-state index in [0.717, 1.165) is 12.8 Å². The van der Waals surface area contributed by atoms with Gasteiger partial charge in [0.05, 0.1) is 6.61 Å². The van der Waals surface area contributed by atoms with Crippen LogP contribution >= 0.6 is 0 Å². The summed E-state index contributed by atoms with van der Waals surface area (Å²) in [5.41, 5.74) is 5.19. The van der Waals surface area contributed by atoms with Crippen molar-refractivity contribution in [3.8, 4) is 0 Å². The zero-order valence-corrected chi connectivity index (χ0v) is 8.52. The van der Waals surface area contributed by atoms with Gasteiger partial charge in [0.2, 0.25) is 5.91 Å². The lowest BCUT2D eigenvalue weighted by Gasteiger charge is -2.32. The van der Waals surface area contributed by atoms with E-state index < -0.39 is 18.0 Å². The SMILES string of the molecule is NC(=O)C1CCCCN1C(=O)OCCO. The Morgan fingerprint density at radius 2 is 2.20 bits per heavy atom. The molecule has 0 aromatic heterocycles. The average Bonchev–Trinajstić information content (AvgIpc) is 2.25. The molecule has 1 atom stereocenters. The van der Waals surface area contributed by atoms with E-state index in [2.05, 4.69) is 0 Å². The van der Waals surface area contributed by atoms with Crippen molar-refractivity contribution in [3.05, 3.63) is 0 Å². The molecular formula is C9H16N2O4. The van der Waals surface area contributed by atoms with Crippen LogP contribution < -0.4 is 5.73 Å². The molecule has 0 spiro atoms. The number of aliphatic hydroxyl groups excluding tert-OH is 1. The van der Waals surface area contributed by atoms with Gasteiger partial charge in [0.1, 0.15) is 12.6 Å². The van der Waals surface area contributed by atoms with Gasteiger partial charge in [-0.1, -0.05) is 0 Å². The van der Waals surface area contributed by atoms with Gasteiger partial charge in [-0.05, 0) is 19.3 Å². The Bertz CT molecular complexity index is 244. The summed E-state index contributed by atoms with van der Waals surface area (Å²) in [6.45, 7) is 0.208. The van der Waals surface area contributed by atoms with Crippen LogP contribution in [0, 0.1) is 0 Å². The van der Waals surface area contributed by atoms with Gasteiger partial charge in [0.25, 0.3) is 0 Å². The quantitative estimate of drug-likeness (QED) is 0.662. The molecule has 15 heavy (non-hydrogen) atoms. The third-order valence-electron chi connectivity index (χ3n) is 2.38. The minimum absolute atomic E-state index is 0.0547. The normalized spacial score (nSPS) is 21.1. The second-order valence-electron chi connectivity index (χ2n) is 3.45. The van der Waals surface area contributed by atoms with Crippen molar-refractivity contribution in [2.24, 2.45) is 5.73 Å². The van der Waals surface area contributed by atoms with E-state index in [0.29, 0.717) is 13.0 Å². The van der Waals surface area contributed by atoms with Crippen molar-refractivity contribution in [1.29, 1.82) is 0 Å². The van der Waals surface area contributed by atoms with E-state index >= 15 is 0 Å². The van der Waals surface area contributed by atoms with Crippen LogP contribution in [-0.4, -0.2) is 47.8 Å². The Labute approximate surface area is 88.0 Å². The van der Waals surface area contributed by atoms with Crippen molar-refractivity contribution >= 4 is 12.0 Å². The Kier molecular flexibility index (Phi) is 4.36. The summed E-state index contributed by atoms with van der Waals surface area (Å²) in [5.74, 6) is -0.504. The second kappa shape index (κ2) is 5.55. The fourth-order valence-electron chi connectivity index (χ4n) is 1.66. The van der Waals surface area contributed by atoms with Crippen molar-refractivity contribution in [1.82, 2.24) is 4.90 Å². The number of carbonyl (C=O) groups is 2. The molecule has 3 N–H and O–H groups in total. The van der Waals surface area contributed by atoms with Crippen molar-refractivity contribution < 1.29 is 19.4 Å². The van der Waals surface area contributed by atoms with Crippen LogP contribution in [0.3, 0.4) is 0 Å². The Hall–Kier alpha value is -1.30. The minimum atomic E-state index is -0.576. The zero-order valence-electron chi connectivity index (χ0n) is 8.52. The van der Waals surface area contributed by atoms with Gasteiger partial charge in [-0.3, -0.25) is 9.69 Å². The maximum absolute atomic E-state index is 11.5. The number of nitrogens with two attached hydrogens (primary N) is 1. The molecule has 1 heterocycles. The number of primary amides is 1. The third-order valence-corrected chi connectivity index (χ3v) is 2.38. The van der Waals surface area contributed by atoms with E-state index in [-0.39, 0.29) is 13.2 Å². The summed E-state index contributed by atoms with van der Waals surface area (Å²) in [4.78, 5) is 23.9.